The maximum absolute atomic E-state index is 13.0. The molecule has 0 amide bonds. The molecule has 2 heterocycles. The molecule has 0 aliphatic carbocycles. The topological polar surface area (TPSA) is 81.7 Å². The zero-order valence-corrected chi connectivity index (χ0v) is 18.6. The van der Waals surface area contributed by atoms with E-state index in [0.29, 0.717) is 18.8 Å². The first-order valence-electron chi connectivity index (χ1n) is 11.3. The lowest BCUT2D eigenvalue weighted by molar-refractivity contribution is -0.674. The van der Waals surface area contributed by atoms with Crippen molar-refractivity contribution in [2.24, 2.45) is 0 Å². The van der Waals surface area contributed by atoms with Gasteiger partial charge in [-0.3, -0.25) is 9.59 Å². The number of benzene rings is 2. The molecule has 2 N–H and O–H groups in total. The Morgan fingerprint density at radius 2 is 1.65 bits per heavy atom. The summed E-state index contributed by atoms with van der Waals surface area (Å²) in [5.41, 5.74) is 3.03. The van der Waals surface area contributed by atoms with E-state index >= 15 is 0 Å². The van der Waals surface area contributed by atoms with Crippen molar-refractivity contribution in [1.29, 1.82) is 0 Å². The molecule has 5 rings (SSSR count). The van der Waals surface area contributed by atoms with Crippen LogP contribution in [0.15, 0.2) is 76.3 Å². The number of β-amino-alcohol motifs (C(OH)–C–C–N with tert-alkyl or cyclic N) is 1. The maximum Gasteiger partial charge on any atom is 0.213 e. The van der Waals surface area contributed by atoms with Gasteiger partial charge in [-0.15, -0.1) is 0 Å². The van der Waals surface area contributed by atoms with E-state index < -0.39 is 0 Å². The third kappa shape index (κ3) is 3.77. The number of rotatable bonds is 6. The summed E-state index contributed by atoms with van der Waals surface area (Å²) in [5, 5.41) is 20.5. The molecule has 0 saturated carbocycles. The van der Waals surface area contributed by atoms with Gasteiger partial charge in [0.25, 0.3) is 0 Å². The monoisotopic (exact) mass is 453 g/mol. The van der Waals surface area contributed by atoms with Crippen molar-refractivity contribution in [3.63, 3.8) is 0 Å². The summed E-state index contributed by atoms with van der Waals surface area (Å²) in [6.45, 7) is 0.646. The number of fused-ring (bicyclic) bond motifs is 2. The van der Waals surface area contributed by atoms with Crippen LogP contribution in [0.1, 0.15) is 11.3 Å². The molecule has 0 bridgehead atoms. The SMILES string of the molecule is O=c1c(=Cc2ccc3ccccc3[n+]2CCO)c(=O)c1=CC1C=Cc2ccccc2N1CCO. The molecule has 0 saturated heterocycles. The number of anilines is 1. The van der Waals surface area contributed by atoms with Crippen molar-refractivity contribution in [2.45, 2.75) is 12.6 Å². The highest BCUT2D eigenvalue weighted by Crippen LogP contribution is 2.28. The van der Waals surface area contributed by atoms with Gasteiger partial charge in [0.15, 0.2) is 6.54 Å². The number of aliphatic hydroxyl groups is 2. The Morgan fingerprint density at radius 1 is 0.882 bits per heavy atom. The van der Waals surface area contributed by atoms with Crippen molar-refractivity contribution < 1.29 is 14.8 Å². The standard InChI is InChI=1S/C28H25N2O4/c31-15-13-29-21(11-9-19-5-1-3-7-25(19)29)17-23-27(33)24(28(23)34)18-22-12-10-20-6-2-4-8-26(20)30(22)14-16-32/h1-12,17-18,21,31-32H,13-16H2/q+1. The quantitative estimate of drug-likeness (QED) is 0.408. The summed E-state index contributed by atoms with van der Waals surface area (Å²) < 4.78 is 1.91. The summed E-state index contributed by atoms with van der Waals surface area (Å²) in [7, 11) is 0. The fraction of sp³-hybridized carbons (Fsp3) is 0.179. The van der Waals surface area contributed by atoms with Gasteiger partial charge in [-0.25, -0.2) is 0 Å². The second-order valence-electron chi connectivity index (χ2n) is 8.31. The second kappa shape index (κ2) is 9.17. The molecule has 1 aliphatic heterocycles. The van der Waals surface area contributed by atoms with Crippen molar-refractivity contribution >= 4 is 34.8 Å². The van der Waals surface area contributed by atoms with Gasteiger partial charge in [-0.05, 0) is 29.8 Å². The lowest BCUT2D eigenvalue weighted by Crippen LogP contribution is -2.65. The van der Waals surface area contributed by atoms with Gasteiger partial charge >= 0.3 is 0 Å². The minimum Gasteiger partial charge on any atom is -0.395 e. The largest absolute Gasteiger partial charge is 0.395 e. The van der Waals surface area contributed by atoms with Gasteiger partial charge < -0.3 is 15.1 Å². The van der Waals surface area contributed by atoms with Crippen molar-refractivity contribution in [3.8, 4) is 0 Å². The van der Waals surface area contributed by atoms with Gasteiger partial charge in [0.2, 0.25) is 22.1 Å². The molecular formula is C28H25N2O4+. The lowest BCUT2D eigenvalue weighted by atomic mass is 10.0. The first kappa shape index (κ1) is 21.9. The van der Waals surface area contributed by atoms with Crippen LogP contribution in [0, 0.1) is 0 Å². The molecular weight excluding hydrogens is 428 g/mol. The third-order valence-electron chi connectivity index (χ3n) is 6.32. The van der Waals surface area contributed by atoms with E-state index in [9.17, 15) is 19.8 Å². The van der Waals surface area contributed by atoms with Gasteiger partial charge in [-0.1, -0.05) is 42.5 Å². The van der Waals surface area contributed by atoms with E-state index in [1.165, 1.54) is 0 Å². The average molecular weight is 454 g/mol. The van der Waals surface area contributed by atoms with E-state index in [0.717, 1.165) is 22.2 Å². The van der Waals surface area contributed by atoms with Crippen molar-refractivity contribution in [2.75, 3.05) is 24.7 Å². The van der Waals surface area contributed by atoms with E-state index in [2.05, 4.69) is 0 Å². The predicted octanol–water partition coefficient (Wildman–Crippen LogP) is 0.219. The highest BCUT2D eigenvalue weighted by molar-refractivity contribution is 5.76. The molecule has 6 nitrogen and oxygen atoms in total. The number of pyridine rings is 1. The molecule has 0 spiro atoms. The minimum absolute atomic E-state index is 0.0400. The Balaban J connectivity index is 1.58. The predicted molar refractivity (Wildman–Crippen MR) is 134 cm³/mol. The van der Waals surface area contributed by atoms with E-state index in [-0.39, 0.29) is 40.6 Å². The van der Waals surface area contributed by atoms with Crippen LogP contribution in [0.2, 0.25) is 0 Å². The number of nitrogens with zero attached hydrogens (tertiary/aromatic N) is 2. The van der Waals surface area contributed by atoms with Crippen LogP contribution >= 0.6 is 0 Å². The summed E-state index contributed by atoms with van der Waals surface area (Å²) in [6, 6.07) is 19.1. The molecule has 3 aromatic carbocycles. The fourth-order valence-electron chi connectivity index (χ4n) is 4.67. The highest BCUT2D eigenvalue weighted by atomic mass is 16.3. The van der Waals surface area contributed by atoms with Crippen LogP contribution in [0.25, 0.3) is 29.1 Å². The summed E-state index contributed by atoms with van der Waals surface area (Å²) in [6.07, 6.45) is 7.21. The normalized spacial score (nSPS) is 15.0. The van der Waals surface area contributed by atoms with E-state index in [1.807, 2.05) is 82.3 Å². The number of aliphatic hydroxyl groups excluding tert-OH is 2. The molecule has 0 radical (unpaired) electrons. The van der Waals surface area contributed by atoms with Crippen LogP contribution in [0.3, 0.4) is 0 Å². The first-order chi connectivity index (χ1) is 16.6. The number of hydrogen-bond acceptors (Lipinski definition) is 5. The second-order valence-corrected chi connectivity index (χ2v) is 8.31. The van der Waals surface area contributed by atoms with E-state index in [4.69, 9.17) is 0 Å². The summed E-state index contributed by atoms with van der Waals surface area (Å²) in [5.74, 6) is 0. The molecule has 34 heavy (non-hydrogen) atoms. The summed E-state index contributed by atoms with van der Waals surface area (Å²) in [4.78, 5) is 28.0. The number of hydrogen-bond donors (Lipinski definition) is 2. The highest BCUT2D eigenvalue weighted by Gasteiger charge is 2.22. The lowest BCUT2D eigenvalue weighted by Gasteiger charge is -2.33. The van der Waals surface area contributed by atoms with Gasteiger partial charge in [0, 0.05) is 35.8 Å². The molecule has 1 atom stereocenters. The fourth-order valence-corrected chi connectivity index (χ4v) is 4.67. The molecule has 1 unspecified atom stereocenters. The van der Waals surface area contributed by atoms with Crippen LogP contribution in [0.4, 0.5) is 5.69 Å². The van der Waals surface area contributed by atoms with Crippen LogP contribution in [-0.4, -0.2) is 36.0 Å². The Morgan fingerprint density at radius 3 is 2.44 bits per heavy atom. The van der Waals surface area contributed by atoms with Crippen molar-refractivity contribution in [1.82, 2.24) is 0 Å². The van der Waals surface area contributed by atoms with Crippen LogP contribution in [0.5, 0.6) is 0 Å². The minimum atomic E-state index is -0.300. The molecule has 1 aromatic heterocycles. The Kier molecular flexibility index (Phi) is 5.92. The first-order valence-corrected chi connectivity index (χ1v) is 11.3. The zero-order chi connectivity index (χ0) is 23.7. The van der Waals surface area contributed by atoms with Gasteiger partial charge in [-0.2, -0.15) is 4.57 Å². The van der Waals surface area contributed by atoms with E-state index in [1.54, 1.807) is 12.2 Å². The zero-order valence-electron chi connectivity index (χ0n) is 18.6. The number of para-hydroxylation sites is 2. The van der Waals surface area contributed by atoms with Crippen molar-refractivity contribution in [3.05, 3.63) is 109 Å². The Bertz CT molecular complexity index is 1560. The molecule has 0 fully saturated rings. The maximum atomic E-state index is 13.0. The molecule has 6 heteroatoms. The summed E-state index contributed by atoms with van der Waals surface area (Å²) >= 11 is 0. The molecule has 1 aliphatic rings. The molecule has 4 aromatic rings. The van der Waals surface area contributed by atoms with Gasteiger partial charge in [0.05, 0.1) is 23.1 Å². The van der Waals surface area contributed by atoms with Gasteiger partial charge in [0.1, 0.15) is 6.61 Å². The Labute approximate surface area is 196 Å². The smallest absolute Gasteiger partial charge is 0.213 e. The molecule has 170 valence electrons. The van der Waals surface area contributed by atoms with Crippen LogP contribution < -0.4 is 30.8 Å². The average Bonchev–Trinajstić information content (AvgIpc) is 2.87. The third-order valence-corrected chi connectivity index (χ3v) is 6.32. The number of aromatic nitrogens is 1. The Hall–Kier alpha value is -3.87. The van der Waals surface area contributed by atoms with Crippen LogP contribution in [-0.2, 0) is 6.54 Å².